The number of thiazole rings is 1. The van der Waals surface area contributed by atoms with Crippen molar-refractivity contribution in [2.75, 3.05) is 13.1 Å². The van der Waals surface area contributed by atoms with Crippen LogP contribution in [0.4, 0.5) is 0 Å². The molecule has 1 aliphatic heterocycles. The fourth-order valence-corrected chi connectivity index (χ4v) is 4.76. The Balaban J connectivity index is 1.72. The van der Waals surface area contributed by atoms with Gasteiger partial charge >= 0.3 is 5.97 Å². The number of carboxylic acid groups (broad SMARTS) is 1. The number of carbonyl (C=O) groups excluding carboxylic acids is 1. The first kappa shape index (κ1) is 17.1. The number of carbonyl (C=O) groups is 2. The lowest BCUT2D eigenvalue weighted by Crippen LogP contribution is -2.38. The van der Waals surface area contributed by atoms with Crippen LogP contribution < -0.4 is 0 Å². The Kier molecular flexibility index (Phi) is 5.01. The molecule has 0 radical (unpaired) electrons. The van der Waals surface area contributed by atoms with Crippen LogP contribution in [0.5, 0.6) is 0 Å². The van der Waals surface area contributed by atoms with Gasteiger partial charge in [-0.1, -0.05) is 13.8 Å². The molecule has 2 aromatic rings. The van der Waals surface area contributed by atoms with E-state index in [1.807, 2.05) is 4.90 Å². The highest BCUT2D eigenvalue weighted by Gasteiger charge is 2.28. The number of carboxylic acids is 1. The van der Waals surface area contributed by atoms with Gasteiger partial charge in [-0.25, -0.2) is 9.78 Å². The molecule has 1 unspecified atom stereocenters. The van der Waals surface area contributed by atoms with Gasteiger partial charge in [0.15, 0.2) is 0 Å². The Bertz CT molecular complexity index is 751. The van der Waals surface area contributed by atoms with Gasteiger partial charge < -0.3 is 10.0 Å². The number of aromatic carboxylic acids is 1. The van der Waals surface area contributed by atoms with Gasteiger partial charge in [-0.2, -0.15) is 0 Å². The lowest BCUT2D eigenvalue weighted by molar-refractivity contribution is 0.0698. The molecule has 3 heterocycles. The second-order valence-electron chi connectivity index (χ2n) is 6.32. The predicted molar refractivity (Wildman–Crippen MR) is 95.4 cm³/mol. The second kappa shape index (κ2) is 7.03. The summed E-state index contributed by atoms with van der Waals surface area (Å²) in [5.41, 5.74) is 1.11. The lowest BCUT2D eigenvalue weighted by atomic mass is 9.98. The largest absolute Gasteiger partial charge is 0.477 e. The molecule has 1 aliphatic rings. The van der Waals surface area contributed by atoms with E-state index in [1.54, 1.807) is 17.4 Å². The van der Waals surface area contributed by atoms with Crippen LogP contribution in [0.25, 0.3) is 0 Å². The number of amides is 1. The van der Waals surface area contributed by atoms with Crippen LogP contribution in [0.15, 0.2) is 17.5 Å². The number of aromatic nitrogens is 1. The normalized spacial score (nSPS) is 18.1. The molecule has 1 saturated heterocycles. The number of rotatable bonds is 4. The van der Waals surface area contributed by atoms with Crippen LogP contribution in [0.3, 0.4) is 0 Å². The molecular weight excluding hydrogens is 344 g/mol. The van der Waals surface area contributed by atoms with Crippen LogP contribution in [0.1, 0.15) is 68.6 Å². The van der Waals surface area contributed by atoms with Crippen LogP contribution >= 0.6 is 22.7 Å². The molecule has 1 atom stereocenters. The summed E-state index contributed by atoms with van der Waals surface area (Å²) in [4.78, 5) is 30.9. The first-order chi connectivity index (χ1) is 11.5. The molecule has 0 spiro atoms. The van der Waals surface area contributed by atoms with E-state index in [9.17, 15) is 9.59 Å². The molecule has 0 bridgehead atoms. The van der Waals surface area contributed by atoms with Crippen molar-refractivity contribution in [2.24, 2.45) is 0 Å². The van der Waals surface area contributed by atoms with E-state index in [4.69, 9.17) is 10.1 Å². The first-order valence-corrected chi connectivity index (χ1v) is 9.73. The Labute approximate surface area is 149 Å². The summed E-state index contributed by atoms with van der Waals surface area (Å²) < 4.78 is 0. The molecule has 0 saturated carbocycles. The zero-order chi connectivity index (χ0) is 17.3. The number of hydrogen-bond acceptors (Lipinski definition) is 5. The fourth-order valence-electron chi connectivity index (χ4n) is 2.84. The molecular formula is C17H20N2O3S2. The van der Waals surface area contributed by atoms with E-state index in [0.29, 0.717) is 17.3 Å². The number of thiophene rings is 1. The van der Waals surface area contributed by atoms with Gasteiger partial charge in [0.05, 0.1) is 15.6 Å². The average Bonchev–Trinajstić information content (AvgIpc) is 3.24. The molecule has 5 nitrogen and oxygen atoms in total. The average molecular weight is 364 g/mol. The number of hydrogen-bond donors (Lipinski definition) is 1. The van der Waals surface area contributed by atoms with Gasteiger partial charge in [0.2, 0.25) is 0 Å². The van der Waals surface area contributed by atoms with Crippen LogP contribution in [-0.2, 0) is 0 Å². The summed E-state index contributed by atoms with van der Waals surface area (Å²) in [6.07, 6.45) is 1.99. The van der Waals surface area contributed by atoms with E-state index in [-0.39, 0.29) is 16.7 Å². The van der Waals surface area contributed by atoms with Gasteiger partial charge in [0.1, 0.15) is 4.88 Å². The van der Waals surface area contributed by atoms with Gasteiger partial charge in [-0.3, -0.25) is 4.79 Å². The summed E-state index contributed by atoms with van der Waals surface area (Å²) in [5, 5.41) is 12.2. The van der Waals surface area contributed by atoms with E-state index >= 15 is 0 Å². The maximum atomic E-state index is 12.7. The number of nitrogens with zero attached hydrogens (tertiary/aromatic N) is 2. The highest BCUT2D eigenvalue weighted by Crippen LogP contribution is 2.32. The third-order valence-corrected chi connectivity index (χ3v) is 6.30. The van der Waals surface area contributed by atoms with Gasteiger partial charge in [-0.05, 0) is 30.9 Å². The molecule has 0 aliphatic carbocycles. The minimum atomic E-state index is -0.987. The Morgan fingerprint density at radius 1 is 1.33 bits per heavy atom. The topological polar surface area (TPSA) is 70.5 Å². The smallest absolute Gasteiger partial charge is 0.345 e. The number of likely N-dealkylation sites (tertiary alicyclic amines) is 1. The van der Waals surface area contributed by atoms with E-state index in [0.717, 1.165) is 41.4 Å². The third kappa shape index (κ3) is 3.52. The van der Waals surface area contributed by atoms with Crippen molar-refractivity contribution in [3.05, 3.63) is 38.0 Å². The maximum absolute atomic E-state index is 12.7. The molecule has 2 aromatic heterocycles. The SMILES string of the molecule is CC(C)c1csc(C2CCCN(C(=O)c3ccc(C(=O)O)s3)C2)n1. The molecule has 24 heavy (non-hydrogen) atoms. The van der Waals surface area contributed by atoms with E-state index in [1.165, 1.54) is 6.07 Å². The van der Waals surface area contributed by atoms with Crippen molar-refractivity contribution < 1.29 is 14.7 Å². The highest BCUT2D eigenvalue weighted by molar-refractivity contribution is 7.15. The summed E-state index contributed by atoms with van der Waals surface area (Å²) >= 11 is 2.72. The minimum absolute atomic E-state index is 0.0714. The summed E-state index contributed by atoms with van der Waals surface area (Å²) in [6, 6.07) is 3.11. The molecule has 7 heteroatoms. The molecule has 1 fully saturated rings. The van der Waals surface area contributed by atoms with E-state index < -0.39 is 5.97 Å². The molecule has 1 amide bonds. The summed E-state index contributed by atoms with van der Waals surface area (Å²) in [5.74, 6) is -0.367. The van der Waals surface area contributed by atoms with Gasteiger partial charge in [-0.15, -0.1) is 22.7 Å². The monoisotopic (exact) mass is 364 g/mol. The van der Waals surface area contributed by atoms with Crippen molar-refractivity contribution in [3.8, 4) is 0 Å². The zero-order valence-electron chi connectivity index (χ0n) is 13.7. The van der Waals surface area contributed by atoms with Crippen LogP contribution in [0, 0.1) is 0 Å². The molecule has 0 aromatic carbocycles. The standard InChI is InChI=1S/C17H20N2O3S2/c1-10(2)12-9-23-15(18-12)11-4-3-7-19(8-11)16(20)13-5-6-14(24-13)17(21)22/h5-6,9-11H,3-4,7-8H2,1-2H3,(H,21,22). The highest BCUT2D eigenvalue weighted by atomic mass is 32.1. The molecule has 1 N–H and O–H groups in total. The van der Waals surface area contributed by atoms with Crippen LogP contribution in [-0.4, -0.2) is 40.0 Å². The van der Waals surface area contributed by atoms with E-state index in [2.05, 4.69) is 19.2 Å². The Morgan fingerprint density at radius 2 is 2.08 bits per heavy atom. The van der Waals surface area contributed by atoms with Gasteiger partial charge in [0.25, 0.3) is 5.91 Å². The molecule has 3 rings (SSSR count). The predicted octanol–water partition coefficient (Wildman–Crippen LogP) is 4.05. The van der Waals surface area contributed by atoms with Crippen LogP contribution in [0.2, 0.25) is 0 Å². The van der Waals surface area contributed by atoms with Crippen molar-refractivity contribution in [1.29, 1.82) is 0 Å². The second-order valence-corrected chi connectivity index (χ2v) is 8.30. The quantitative estimate of drug-likeness (QED) is 0.888. The maximum Gasteiger partial charge on any atom is 0.345 e. The summed E-state index contributed by atoms with van der Waals surface area (Å²) in [7, 11) is 0. The Hall–Kier alpha value is -1.73. The minimum Gasteiger partial charge on any atom is -0.477 e. The van der Waals surface area contributed by atoms with Crippen molar-refractivity contribution in [3.63, 3.8) is 0 Å². The third-order valence-electron chi connectivity index (χ3n) is 4.22. The lowest BCUT2D eigenvalue weighted by Gasteiger charge is -2.31. The van der Waals surface area contributed by atoms with Crippen molar-refractivity contribution in [2.45, 2.75) is 38.5 Å². The fraction of sp³-hybridized carbons (Fsp3) is 0.471. The number of piperidine rings is 1. The van der Waals surface area contributed by atoms with Crippen molar-refractivity contribution in [1.82, 2.24) is 9.88 Å². The van der Waals surface area contributed by atoms with Crippen molar-refractivity contribution >= 4 is 34.6 Å². The molecule has 128 valence electrons. The zero-order valence-corrected chi connectivity index (χ0v) is 15.3. The Morgan fingerprint density at radius 3 is 2.71 bits per heavy atom. The summed E-state index contributed by atoms with van der Waals surface area (Å²) in [6.45, 7) is 5.64. The van der Waals surface area contributed by atoms with Gasteiger partial charge in [0, 0.05) is 24.4 Å². The first-order valence-electron chi connectivity index (χ1n) is 8.03.